The number of anilines is 1. The van der Waals surface area contributed by atoms with Gasteiger partial charge < -0.3 is 24.2 Å². The van der Waals surface area contributed by atoms with Crippen LogP contribution in [-0.2, 0) is 0 Å². The molecular formula is C19H21F2N3O4. The molecule has 1 saturated heterocycles. The van der Waals surface area contributed by atoms with Crippen molar-refractivity contribution in [2.24, 2.45) is 0 Å². The molecule has 7 nitrogen and oxygen atoms in total. The molecule has 1 aromatic carbocycles. The molecule has 150 valence electrons. The van der Waals surface area contributed by atoms with Crippen LogP contribution in [0.1, 0.15) is 25.8 Å². The zero-order chi connectivity index (χ0) is 20.3. The minimum Gasteiger partial charge on any atom is -0.449 e. The monoisotopic (exact) mass is 393 g/mol. The second-order valence-corrected chi connectivity index (χ2v) is 7.67. The Hall–Kier alpha value is -2.68. The van der Waals surface area contributed by atoms with Crippen LogP contribution < -0.4 is 15.1 Å². The number of likely N-dealkylation sites (N-methyl/N-ethyl adjacent to an activating group) is 1. The van der Waals surface area contributed by atoms with Crippen molar-refractivity contribution in [1.29, 1.82) is 0 Å². The number of carboxylic acid groups (broad SMARTS) is 1. The van der Waals surface area contributed by atoms with E-state index in [1.165, 1.54) is 10.8 Å². The van der Waals surface area contributed by atoms with E-state index in [0.717, 1.165) is 18.9 Å². The van der Waals surface area contributed by atoms with Crippen LogP contribution in [0.3, 0.4) is 0 Å². The maximum absolute atomic E-state index is 15.5. The van der Waals surface area contributed by atoms with E-state index in [4.69, 9.17) is 5.11 Å². The van der Waals surface area contributed by atoms with Crippen molar-refractivity contribution in [3.8, 4) is 5.75 Å². The van der Waals surface area contributed by atoms with Gasteiger partial charge in [0.1, 0.15) is 11.5 Å². The Balaban J connectivity index is 1.90. The molecule has 1 aromatic heterocycles. The number of hydrogen-bond acceptors (Lipinski definition) is 5. The smallest absolute Gasteiger partial charge is 0.449 e. The largest absolute Gasteiger partial charge is 0.511 e. The molecule has 2 heterocycles. The molecule has 0 amide bonds. The van der Waals surface area contributed by atoms with Crippen molar-refractivity contribution in [3.05, 3.63) is 34.1 Å². The van der Waals surface area contributed by atoms with Crippen LogP contribution in [-0.4, -0.2) is 53.5 Å². The van der Waals surface area contributed by atoms with Crippen LogP contribution in [0, 0.1) is 11.6 Å². The molecule has 1 saturated carbocycles. The van der Waals surface area contributed by atoms with E-state index in [0.29, 0.717) is 6.54 Å². The fourth-order valence-corrected chi connectivity index (χ4v) is 3.96. The van der Waals surface area contributed by atoms with Crippen LogP contribution in [0.5, 0.6) is 5.75 Å². The molecule has 2 fully saturated rings. The lowest BCUT2D eigenvalue weighted by Gasteiger charge is -2.50. The molecule has 2 aromatic rings. The van der Waals surface area contributed by atoms with Gasteiger partial charge in [-0.05, 0) is 39.9 Å². The summed E-state index contributed by atoms with van der Waals surface area (Å²) >= 11 is 0. The van der Waals surface area contributed by atoms with Gasteiger partial charge in [0, 0.05) is 24.7 Å². The standard InChI is InChI=1S/C19H21F2N3O4/c1-9-13(22(2)3)7-23(9)17-12(20)6-11-16(15(17)21)24(10-4-5-10)8-14(18(11)25)28-19(26)27/h6,8-10,13H,4-5,7H2,1-3H3,(H,26,27)/t9-,13+/m1/s1. The number of fused-ring (bicyclic) bond motifs is 1. The molecule has 1 aliphatic heterocycles. The van der Waals surface area contributed by atoms with Gasteiger partial charge >= 0.3 is 6.16 Å². The molecule has 0 unspecified atom stereocenters. The zero-order valence-corrected chi connectivity index (χ0v) is 15.8. The van der Waals surface area contributed by atoms with E-state index in [2.05, 4.69) is 4.74 Å². The molecule has 9 heteroatoms. The normalized spacial score (nSPS) is 21.9. The Morgan fingerprint density at radius 1 is 1.32 bits per heavy atom. The molecule has 1 aliphatic carbocycles. The van der Waals surface area contributed by atoms with Gasteiger partial charge in [-0.15, -0.1) is 0 Å². The minimum atomic E-state index is -1.65. The topological polar surface area (TPSA) is 75.0 Å². The predicted molar refractivity (Wildman–Crippen MR) is 99.3 cm³/mol. The van der Waals surface area contributed by atoms with Crippen molar-refractivity contribution >= 4 is 22.7 Å². The van der Waals surface area contributed by atoms with E-state index in [1.54, 1.807) is 4.90 Å². The van der Waals surface area contributed by atoms with Gasteiger partial charge in [-0.1, -0.05) is 0 Å². The van der Waals surface area contributed by atoms with Crippen LogP contribution in [0.4, 0.5) is 19.3 Å². The van der Waals surface area contributed by atoms with Crippen molar-refractivity contribution in [3.63, 3.8) is 0 Å². The summed E-state index contributed by atoms with van der Waals surface area (Å²) in [6.45, 7) is 2.37. The fraction of sp³-hybridized carbons (Fsp3) is 0.474. The van der Waals surface area contributed by atoms with Crippen molar-refractivity contribution in [2.75, 3.05) is 25.5 Å². The molecule has 0 radical (unpaired) electrons. The van der Waals surface area contributed by atoms with E-state index < -0.39 is 29.0 Å². The lowest BCUT2D eigenvalue weighted by atomic mass is 9.95. The summed E-state index contributed by atoms with van der Waals surface area (Å²) in [4.78, 5) is 27.1. The highest BCUT2D eigenvalue weighted by Gasteiger charge is 2.40. The van der Waals surface area contributed by atoms with Crippen molar-refractivity contribution < 1.29 is 23.4 Å². The van der Waals surface area contributed by atoms with E-state index in [-0.39, 0.29) is 34.7 Å². The molecule has 2 atom stereocenters. The Morgan fingerprint density at radius 2 is 2.00 bits per heavy atom. The summed E-state index contributed by atoms with van der Waals surface area (Å²) in [7, 11) is 3.83. The molecule has 0 bridgehead atoms. The second-order valence-electron chi connectivity index (χ2n) is 7.67. The van der Waals surface area contributed by atoms with Gasteiger partial charge in [-0.2, -0.15) is 0 Å². The molecule has 28 heavy (non-hydrogen) atoms. The van der Waals surface area contributed by atoms with Crippen LogP contribution in [0.2, 0.25) is 0 Å². The highest BCUT2D eigenvalue weighted by Crippen LogP contribution is 2.41. The Bertz CT molecular complexity index is 1030. The number of ether oxygens (including phenoxy) is 1. The Kier molecular flexibility index (Phi) is 4.29. The number of halogens is 2. The number of benzene rings is 1. The van der Waals surface area contributed by atoms with E-state index >= 15 is 4.39 Å². The highest BCUT2D eigenvalue weighted by molar-refractivity contribution is 5.86. The molecular weight excluding hydrogens is 372 g/mol. The lowest BCUT2D eigenvalue weighted by Crippen LogP contribution is -2.64. The fourth-order valence-electron chi connectivity index (χ4n) is 3.96. The summed E-state index contributed by atoms with van der Waals surface area (Å²) in [5.41, 5.74) is -1.01. The zero-order valence-electron chi connectivity index (χ0n) is 15.8. The van der Waals surface area contributed by atoms with Gasteiger partial charge in [-0.25, -0.2) is 13.6 Å². The number of carbonyl (C=O) groups is 1. The summed E-state index contributed by atoms with van der Waals surface area (Å²) in [6, 6.07) is 0.994. The Labute approximate surface area is 159 Å². The van der Waals surface area contributed by atoms with Crippen LogP contribution in [0.25, 0.3) is 10.9 Å². The third-order valence-corrected chi connectivity index (χ3v) is 5.67. The molecule has 2 aliphatic rings. The number of nitrogens with zero attached hydrogens (tertiary/aromatic N) is 3. The highest BCUT2D eigenvalue weighted by atomic mass is 19.1. The van der Waals surface area contributed by atoms with Gasteiger partial charge in [0.25, 0.3) is 0 Å². The number of rotatable bonds is 4. The van der Waals surface area contributed by atoms with Crippen LogP contribution in [0.15, 0.2) is 17.1 Å². The maximum atomic E-state index is 15.5. The first kappa shape index (κ1) is 18.7. The first-order valence-corrected chi connectivity index (χ1v) is 9.11. The van der Waals surface area contributed by atoms with E-state index in [1.807, 2.05) is 25.9 Å². The van der Waals surface area contributed by atoms with Gasteiger partial charge in [-0.3, -0.25) is 4.79 Å². The quantitative estimate of drug-likeness (QED) is 0.806. The number of hydrogen-bond donors (Lipinski definition) is 1. The van der Waals surface area contributed by atoms with Crippen molar-refractivity contribution in [2.45, 2.75) is 37.9 Å². The van der Waals surface area contributed by atoms with E-state index in [9.17, 15) is 14.0 Å². The first-order valence-electron chi connectivity index (χ1n) is 9.11. The van der Waals surface area contributed by atoms with Crippen LogP contribution >= 0.6 is 0 Å². The maximum Gasteiger partial charge on any atom is 0.511 e. The third kappa shape index (κ3) is 2.81. The van der Waals surface area contributed by atoms with Gasteiger partial charge in [0.15, 0.2) is 11.6 Å². The summed E-state index contributed by atoms with van der Waals surface area (Å²) in [5, 5.41) is 8.62. The second kappa shape index (κ2) is 6.44. The minimum absolute atomic E-state index is 0.0119. The SMILES string of the molecule is C[C@@H]1[C@@H](N(C)C)CN1c1c(F)cc2c(=O)c(OC(=O)O)cn(C3CC3)c2c1F. The lowest BCUT2D eigenvalue weighted by molar-refractivity contribution is 0.143. The number of pyridine rings is 1. The predicted octanol–water partition coefficient (Wildman–Crippen LogP) is 2.81. The summed E-state index contributed by atoms with van der Waals surface area (Å²) in [6.07, 6.45) is 1.09. The van der Waals surface area contributed by atoms with Crippen molar-refractivity contribution in [1.82, 2.24) is 9.47 Å². The Morgan fingerprint density at radius 3 is 2.54 bits per heavy atom. The van der Waals surface area contributed by atoms with Gasteiger partial charge in [0.05, 0.1) is 17.1 Å². The third-order valence-electron chi connectivity index (χ3n) is 5.67. The molecule has 4 rings (SSSR count). The average molecular weight is 393 g/mol. The van der Waals surface area contributed by atoms with Gasteiger partial charge in [0.2, 0.25) is 5.43 Å². The average Bonchev–Trinajstić information content (AvgIpc) is 3.43. The molecule has 0 spiro atoms. The first-order chi connectivity index (χ1) is 13.2. The number of aromatic nitrogens is 1. The summed E-state index contributed by atoms with van der Waals surface area (Å²) < 4.78 is 36.4. The molecule has 1 N–H and O–H groups in total. The summed E-state index contributed by atoms with van der Waals surface area (Å²) in [5.74, 6) is -2.10.